The van der Waals surface area contributed by atoms with Gasteiger partial charge in [0.2, 0.25) is 0 Å². The van der Waals surface area contributed by atoms with Gasteiger partial charge >= 0.3 is 0 Å². The van der Waals surface area contributed by atoms with Gasteiger partial charge in [0.05, 0.1) is 0 Å². The van der Waals surface area contributed by atoms with Crippen LogP contribution in [0.5, 0.6) is 0 Å². The van der Waals surface area contributed by atoms with Gasteiger partial charge in [-0.05, 0) is 64.3 Å². The first-order chi connectivity index (χ1) is 8.38. The van der Waals surface area contributed by atoms with Gasteiger partial charge in [-0.1, -0.05) is 6.07 Å². The van der Waals surface area contributed by atoms with E-state index in [4.69, 9.17) is 0 Å². The monoisotopic (exact) mass is 253 g/mol. The van der Waals surface area contributed by atoms with Crippen LogP contribution >= 0.6 is 0 Å². The highest BCUT2D eigenvalue weighted by Gasteiger charge is 2.28. The summed E-state index contributed by atoms with van der Waals surface area (Å²) in [6, 6.07) is 3.95. The SMILES string of the molecule is CC(C)(C)N1CCC(c2ccc(F)cc2F)CC1. The molecule has 1 nitrogen and oxygen atoms in total. The van der Waals surface area contributed by atoms with Gasteiger partial charge in [-0.2, -0.15) is 0 Å². The van der Waals surface area contributed by atoms with Crippen LogP contribution in [0, 0.1) is 11.6 Å². The second kappa shape index (κ2) is 4.96. The fourth-order valence-corrected chi connectivity index (χ4v) is 2.69. The number of halogens is 2. The Morgan fingerprint density at radius 2 is 1.72 bits per heavy atom. The molecule has 2 rings (SSSR count). The number of hydrogen-bond acceptors (Lipinski definition) is 1. The van der Waals surface area contributed by atoms with Crippen LogP contribution < -0.4 is 0 Å². The van der Waals surface area contributed by atoms with Crippen molar-refractivity contribution in [2.45, 2.75) is 45.1 Å². The lowest BCUT2D eigenvalue weighted by Crippen LogP contribution is -2.45. The minimum Gasteiger partial charge on any atom is -0.298 e. The van der Waals surface area contributed by atoms with Gasteiger partial charge in [0.15, 0.2) is 0 Å². The van der Waals surface area contributed by atoms with E-state index < -0.39 is 11.6 Å². The van der Waals surface area contributed by atoms with Crippen LogP contribution in [-0.4, -0.2) is 23.5 Å². The van der Waals surface area contributed by atoms with Gasteiger partial charge in [-0.25, -0.2) is 8.78 Å². The standard InChI is InChI=1S/C15H21F2N/c1-15(2,3)18-8-6-11(7-9-18)13-5-4-12(16)10-14(13)17/h4-5,10-11H,6-9H2,1-3H3. The van der Waals surface area contributed by atoms with Crippen LogP contribution in [0.3, 0.4) is 0 Å². The number of hydrogen-bond donors (Lipinski definition) is 0. The summed E-state index contributed by atoms with van der Waals surface area (Å²) in [5.41, 5.74) is 0.844. The summed E-state index contributed by atoms with van der Waals surface area (Å²) in [6.07, 6.45) is 1.89. The summed E-state index contributed by atoms with van der Waals surface area (Å²) < 4.78 is 26.6. The first-order valence-electron chi connectivity index (χ1n) is 6.58. The van der Waals surface area contributed by atoms with Crippen molar-refractivity contribution in [1.82, 2.24) is 4.90 Å². The van der Waals surface area contributed by atoms with Crippen LogP contribution in [0.15, 0.2) is 18.2 Å². The number of likely N-dealkylation sites (tertiary alicyclic amines) is 1. The van der Waals surface area contributed by atoms with E-state index in [1.807, 2.05) is 0 Å². The molecule has 1 aromatic carbocycles. The van der Waals surface area contributed by atoms with Gasteiger partial charge in [0.25, 0.3) is 0 Å². The maximum atomic E-state index is 13.7. The molecule has 0 N–H and O–H groups in total. The Kier molecular flexibility index (Phi) is 3.71. The summed E-state index contributed by atoms with van der Waals surface area (Å²) in [7, 11) is 0. The zero-order valence-corrected chi connectivity index (χ0v) is 11.3. The molecule has 0 bridgehead atoms. The predicted molar refractivity (Wildman–Crippen MR) is 69.7 cm³/mol. The van der Waals surface area contributed by atoms with Crippen molar-refractivity contribution >= 4 is 0 Å². The summed E-state index contributed by atoms with van der Waals surface area (Å²) >= 11 is 0. The third-order valence-electron chi connectivity index (χ3n) is 3.85. The maximum Gasteiger partial charge on any atom is 0.129 e. The van der Waals surface area contributed by atoms with Crippen LogP contribution in [-0.2, 0) is 0 Å². The van der Waals surface area contributed by atoms with E-state index in [1.54, 1.807) is 6.07 Å². The Morgan fingerprint density at radius 3 is 2.22 bits per heavy atom. The van der Waals surface area contributed by atoms with E-state index in [9.17, 15) is 8.78 Å². The minimum atomic E-state index is -0.497. The Bertz CT molecular complexity index is 415. The van der Waals surface area contributed by atoms with Crippen molar-refractivity contribution in [1.29, 1.82) is 0 Å². The van der Waals surface area contributed by atoms with Crippen molar-refractivity contribution in [3.8, 4) is 0 Å². The van der Waals surface area contributed by atoms with Gasteiger partial charge in [-0.15, -0.1) is 0 Å². The van der Waals surface area contributed by atoms with Crippen molar-refractivity contribution in [2.24, 2.45) is 0 Å². The third-order valence-corrected chi connectivity index (χ3v) is 3.85. The molecule has 1 fully saturated rings. The van der Waals surface area contributed by atoms with E-state index in [0.29, 0.717) is 5.56 Å². The van der Waals surface area contributed by atoms with Crippen molar-refractivity contribution in [2.75, 3.05) is 13.1 Å². The molecule has 3 heteroatoms. The molecule has 1 aliphatic rings. The molecule has 1 heterocycles. The second-order valence-electron chi connectivity index (χ2n) is 6.10. The molecule has 0 saturated carbocycles. The molecule has 0 unspecified atom stereocenters. The average molecular weight is 253 g/mol. The molecule has 0 amide bonds. The highest BCUT2D eigenvalue weighted by molar-refractivity contribution is 5.23. The zero-order valence-electron chi connectivity index (χ0n) is 11.3. The summed E-state index contributed by atoms with van der Waals surface area (Å²) in [4.78, 5) is 2.42. The lowest BCUT2D eigenvalue weighted by Gasteiger charge is -2.41. The highest BCUT2D eigenvalue weighted by Crippen LogP contribution is 2.32. The van der Waals surface area contributed by atoms with Crippen LogP contribution in [0.4, 0.5) is 8.78 Å². The highest BCUT2D eigenvalue weighted by atomic mass is 19.1. The van der Waals surface area contributed by atoms with E-state index >= 15 is 0 Å². The van der Waals surface area contributed by atoms with Gasteiger partial charge in [0, 0.05) is 11.6 Å². The second-order valence-corrected chi connectivity index (χ2v) is 6.10. The Hall–Kier alpha value is -0.960. The Balaban J connectivity index is 2.06. The van der Waals surface area contributed by atoms with Crippen molar-refractivity contribution in [3.05, 3.63) is 35.4 Å². The van der Waals surface area contributed by atoms with Crippen LogP contribution in [0.25, 0.3) is 0 Å². The normalized spacial score (nSPS) is 19.2. The first-order valence-corrected chi connectivity index (χ1v) is 6.58. The maximum absolute atomic E-state index is 13.7. The minimum absolute atomic E-state index is 0.173. The van der Waals surface area contributed by atoms with Gasteiger partial charge in [-0.3, -0.25) is 4.90 Å². The first kappa shape index (κ1) is 13.5. The Labute approximate surface area is 108 Å². The lowest BCUT2D eigenvalue weighted by molar-refractivity contribution is 0.102. The summed E-state index contributed by atoms with van der Waals surface area (Å²) in [6.45, 7) is 8.55. The zero-order chi connectivity index (χ0) is 13.3. The van der Waals surface area contributed by atoms with E-state index in [2.05, 4.69) is 25.7 Å². The molecule has 1 saturated heterocycles. The number of piperidine rings is 1. The smallest absolute Gasteiger partial charge is 0.129 e. The average Bonchev–Trinajstić information content (AvgIpc) is 2.28. The van der Waals surface area contributed by atoms with Crippen LogP contribution in [0.1, 0.15) is 45.1 Å². The van der Waals surface area contributed by atoms with Gasteiger partial charge < -0.3 is 0 Å². The number of nitrogens with zero attached hydrogens (tertiary/aromatic N) is 1. The lowest BCUT2D eigenvalue weighted by atomic mass is 9.87. The quantitative estimate of drug-likeness (QED) is 0.732. The predicted octanol–water partition coefficient (Wildman–Crippen LogP) is 3.94. The number of rotatable bonds is 1. The largest absolute Gasteiger partial charge is 0.298 e. The van der Waals surface area contributed by atoms with Crippen molar-refractivity contribution < 1.29 is 8.78 Å². The topological polar surface area (TPSA) is 3.24 Å². The number of benzene rings is 1. The molecule has 100 valence electrons. The van der Waals surface area contributed by atoms with Crippen molar-refractivity contribution in [3.63, 3.8) is 0 Å². The van der Waals surface area contributed by atoms with E-state index in [-0.39, 0.29) is 11.5 Å². The van der Waals surface area contributed by atoms with Gasteiger partial charge in [0.1, 0.15) is 11.6 Å². The molecule has 0 spiro atoms. The van der Waals surface area contributed by atoms with Crippen LogP contribution in [0.2, 0.25) is 0 Å². The van der Waals surface area contributed by atoms with E-state index in [1.165, 1.54) is 6.07 Å². The fourth-order valence-electron chi connectivity index (χ4n) is 2.69. The molecule has 0 aliphatic carbocycles. The molecule has 0 radical (unpaired) electrons. The molecular weight excluding hydrogens is 232 g/mol. The summed E-state index contributed by atoms with van der Waals surface area (Å²) in [5.74, 6) is -0.670. The third kappa shape index (κ3) is 2.89. The molecule has 0 atom stereocenters. The summed E-state index contributed by atoms with van der Waals surface area (Å²) in [5, 5.41) is 0. The molecular formula is C15H21F2N. The molecule has 1 aromatic rings. The molecule has 0 aromatic heterocycles. The Morgan fingerprint density at radius 1 is 1.11 bits per heavy atom. The molecule has 1 aliphatic heterocycles. The fraction of sp³-hybridized carbons (Fsp3) is 0.600. The van der Waals surface area contributed by atoms with E-state index in [0.717, 1.165) is 32.0 Å². The molecule has 18 heavy (non-hydrogen) atoms.